The number of carbonyl (C=O) groups excluding carboxylic acids is 3. The molecule has 102 heavy (non-hydrogen) atoms. The van der Waals surface area contributed by atoms with E-state index in [0.717, 1.165) is 206 Å². The van der Waals surface area contributed by atoms with E-state index in [4.69, 9.17) is 15.2 Å². The number of thiol groups is 1. The predicted octanol–water partition coefficient (Wildman–Crippen LogP) is 19.7. The SMILES string of the molecule is CC(F)(F)CCCS.CC(F)(F)CCCS(=O)CCCCCCCCCC(=O)O.CC1=CC(C)=C(CCC(=O)c2cc(-c3ccc(N4CCN(CCNC(=O)CCCCCCCCCS(=O)CCCC(C)(F)F)CC4)nc3)cc3c2cnn3C(C)C)C(=O)C1.O=C(O)CCCCCCCCCBr. The number of aliphatic carboxylic acids is 2. The van der Waals surface area contributed by atoms with E-state index in [9.17, 15) is 58.7 Å². The zero-order valence-corrected chi connectivity index (χ0v) is 66.4. The number of hydrogen-bond donors (Lipinski definition) is 4. The number of piperazine rings is 1. The van der Waals surface area contributed by atoms with Crippen LogP contribution in [0.15, 0.2) is 59.5 Å². The van der Waals surface area contributed by atoms with E-state index >= 15 is 0 Å². The highest BCUT2D eigenvalue weighted by atomic mass is 79.9. The molecule has 3 N–H and O–H groups in total. The normalized spacial score (nSPS) is 14.3. The molecule has 25 heteroatoms. The molecule has 3 aromatic rings. The van der Waals surface area contributed by atoms with Crippen molar-refractivity contribution in [3.8, 4) is 11.1 Å². The number of pyridine rings is 1. The number of anilines is 1. The summed E-state index contributed by atoms with van der Waals surface area (Å²) in [6.07, 6.45) is 30.6. The average molecular weight is 1570 g/mol. The van der Waals surface area contributed by atoms with Crippen molar-refractivity contribution in [3.63, 3.8) is 0 Å². The number of carbonyl (C=O) groups is 5. The number of ketones is 2. The molecule has 0 spiro atoms. The molecule has 3 heterocycles. The Bertz CT molecular complexity index is 3000. The first-order chi connectivity index (χ1) is 48.3. The Labute approximate surface area is 625 Å². The second-order valence-corrected chi connectivity index (χ2v) is 32.6. The van der Waals surface area contributed by atoms with Gasteiger partial charge >= 0.3 is 11.9 Å². The minimum Gasteiger partial charge on any atom is -0.481 e. The summed E-state index contributed by atoms with van der Waals surface area (Å²) in [7, 11) is -1.97. The third kappa shape index (κ3) is 45.8. The van der Waals surface area contributed by atoms with Crippen LogP contribution >= 0.6 is 28.6 Å². The number of nitrogens with one attached hydrogen (secondary N) is 1. The lowest BCUT2D eigenvalue weighted by Crippen LogP contribution is -2.48. The monoisotopic (exact) mass is 1560 g/mol. The molecule has 1 aliphatic carbocycles. The Morgan fingerprint density at radius 1 is 0.618 bits per heavy atom. The van der Waals surface area contributed by atoms with E-state index in [1.165, 1.54) is 32.1 Å². The molecule has 5 rings (SSSR count). The summed E-state index contributed by atoms with van der Waals surface area (Å²) >= 11 is 7.19. The summed E-state index contributed by atoms with van der Waals surface area (Å²) in [5, 5.41) is 26.5. The number of rotatable bonds is 50. The van der Waals surface area contributed by atoms with Gasteiger partial charge in [-0.25, -0.2) is 31.3 Å². The van der Waals surface area contributed by atoms with Crippen molar-refractivity contribution in [1.29, 1.82) is 0 Å². The van der Waals surface area contributed by atoms with Crippen molar-refractivity contribution in [2.75, 3.05) is 78.3 Å². The third-order valence-electron chi connectivity index (χ3n) is 17.7. The minimum atomic E-state index is -2.67. The number of aromatic nitrogens is 3. The lowest BCUT2D eigenvalue weighted by Gasteiger charge is -2.35. The highest BCUT2D eigenvalue weighted by molar-refractivity contribution is 9.09. The van der Waals surface area contributed by atoms with E-state index in [2.05, 4.69) is 74.8 Å². The van der Waals surface area contributed by atoms with Crippen molar-refractivity contribution in [3.05, 3.63) is 65.0 Å². The summed E-state index contributed by atoms with van der Waals surface area (Å²) < 4.78 is 100. The topological polar surface area (TPSA) is 209 Å². The van der Waals surface area contributed by atoms with Gasteiger partial charge in [-0.1, -0.05) is 124 Å². The molecular weight excluding hydrogens is 1440 g/mol. The van der Waals surface area contributed by atoms with E-state index in [0.29, 0.717) is 85.8 Å². The van der Waals surface area contributed by atoms with Gasteiger partial charge in [0.2, 0.25) is 23.7 Å². The number of nitrogens with zero attached hydrogens (tertiary/aromatic N) is 5. The van der Waals surface area contributed by atoms with Crippen LogP contribution in [0.3, 0.4) is 0 Å². The number of amides is 1. The molecule has 0 saturated carbocycles. The number of alkyl halides is 7. The van der Waals surface area contributed by atoms with Gasteiger partial charge in [-0.15, -0.1) is 0 Å². The van der Waals surface area contributed by atoms with E-state index in [1.54, 1.807) is 6.20 Å². The molecule has 1 saturated heterocycles. The molecule has 1 fully saturated rings. The molecular formula is C77H123BrF6N6O9S3. The highest BCUT2D eigenvalue weighted by Gasteiger charge is 2.25. The van der Waals surface area contributed by atoms with E-state index in [1.807, 2.05) is 42.9 Å². The zero-order chi connectivity index (χ0) is 75.9. The van der Waals surface area contributed by atoms with Gasteiger partial charge in [0, 0.05) is 169 Å². The largest absolute Gasteiger partial charge is 0.481 e. The molecule has 0 radical (unpaired) electrons. The Kier molecular flexibility index (Phi) is 49.0. The number of hydrogen-bond acceptors (Lipinski definition) is 12. The number of unbranched alkanes of at least 4 members (excludes halogenated alkanes) is 18. The molecule has 2 unspecified atom stereocenters. The standard InChI is InChI=1S/C47H66F2N6O4S.C15H28F2O3S.C10H19BrO2.C5H10F2S/c1-34(2)55-42-31-38(30-40(41(42)33-52-55)43(56)17-16-39-36(4)28-35(3)29-44(39)57)37-15-18-45(51-32-37)54-24-22-53(23-25-54)21-20-50-46(58)14-11-9-7-6-8-10-12-26-60(59)27-13-19-47(5,48)49;1-15(16,17)11-9-13-21(20)12-8-6-4-2-3-5-7-10-14(18)19;11-9-7-5-3-1-2-4-6-8-10(12)13;1-5(6,7)3-2-4-8/h15,18,28,30-34H,6-14,16-17,19-27,29H2,1-5H3,(H,50,58);2-13H2,1H3,(H,18,19);1-9H2,(H,12,13);8H,2-4H2,1H3. The minimum absolute atomic E-state index is 0.00466. The second kappa shape index (κ2) is 53.3. The fraction of sp³-hybridized carbons (Fsp3) is 0.727. The molecule has 582 valence electrons. The van der Waals surface area contributed by atoms with Gasteiger partial charge in [-0.3, -0.25) is 42.0 Å². The van der Waals surface area contributed by atoms with Crippen LogP contribution in [0.4, 0.5) is 32.2 Å². The molecule has 2 aromatic heterocycles. The van der Waals surface area contributed by atoms with E-state index in [-0.39, 0.29) is 55.6 Å². The van der Waals surface area contributed by atoms with Gasteiger partial charge < -0.3 is 20.4 Å². The summed E-state index contributed by atoms with van der Waals surface area (Å²) in [5.74, 6) is -5.63. The molecule has 2 aliphatic rings. The molecule has 15 nitrogen and oxygen atoms in total. The predicted molar refractivity (Wildman–Crippen MR) is 414 cm³/mol. The first kappa shape index (κ1) is 93.6. The van der Waals surface area contributed by atoms with Crippen molar-refractivity contribution in [2.45, 2.75) is 284 Å². The number of halogens is 7. The van der Waals surface area contributed by atoms with Gasteiger partial charge in [-0.05, 0) is 159 Å². The summed E-state index contributed by atoms with van der Waals surface area (Å²) in [6.45, 7) is 15.7. The molecule has 0 bridgehead atoms. The number of allylic oxidation sites excluding steroid dienone is 4. The lowest BCUT2D eigenvalue weighted by molar-refractivity contribution is -0.138. The maximum Gasteiger partial charge on any atom is 0.303 e. The van der Waals surface area contributed by atoms with Crippen LogP contribution in [0.25, 0.3) is 22.0 Å². The van der Waals surface area contributed by atoms with Crippen LogP contribution in [-0.2, 0) is 40.8 Å². The average Bonchev–Trinajstić information content (AvgIpc) is 1.56. The Morgan fingerprint density at radius 3 is 1.53 bits per heavy atom. The Morgan fingerprint density at radius 2 is 1.09 bits per heavy atom. The van der Waals surface area contributed by atoms with Crippen LogP contribution in [0.1, 0.15) is 277 Å². The maximum atomic E-state index is 13.8. The quantitative estimate of drug-likeness (QED) is 0.0136. The second-order valence-electron chi connectivity index (χ2n) is 28.0. The Hall–Kier alpha value is -4.46. The first-order valence-electron chi connectivity index (χ1n) is 37.4. The van der Waals surface area contributed by atoms with Gasteiger partial charge in [0.1, 0.15) is 5.82 Å². The van der Waals surface area contributed by atoms with Gasteiger partial charge in [0.05, 0.1) is 11.7 Å². The van der Waals surface area contributed by atoms with Crippen LogP contribution in [0, 0.1) is 0 Å². The van der Waals surface area contributed by atoms with Gasteiger partial charge in [0.25, 0.3) is 0 Å². The lowest BCUT2D eigenvalue weighted by atomic mass is 9.88. The number of benzene rings is 1. The zero-order valence-electron chi connectivity index (χ0n) is 62.3. The van der Waals surface area contributed by atoms with Crippen molar-refractivity contribution >= 4 is 96.3 Å². The van der Waals surface area contributed by atoms with Gasteiger partial charge in [-0.2, -0.15) is 17.7 Å². The van der Waals surface area contributed by atoms with Gasteiger partial charge in [0.15, 0.2) is 11.6 Å². The van der Waals surface area contributed by atoms with Crippen LogP contribution < -0.4 is 10.2 Å². The third-order valence-corrected chi connectivity index (χ3v) is 21.5. The van der Waals surface area contributed by atoms with Crippen LogP contribution in [-0.4, -0.2) is 159 Å². The Balaban J connectivity index is 0.000000680. The highest BCUT2D eigenvalue weighted by Crippen LogP contribution is 2.33. The van der Waals surface area contributed by atoms with Crippen molar-refractivity contribution < 1.29 is 68.9 Å². The van der Waals surface area contributed by atoms with Crippen LogP contribution in [0.2, 0.25) is 0 Å². The van der Waals surface area contributed by atoms with E-state index < -0.39 is 51.3 Å². The molecule has 1 amide bonds. The summed E-state index contributed by atoms with van der Waals surface area (Å²) in [4.78, 5) is 69.0. The maximum absolute atomic E-state index is 13.8. The molecule has 1 aliphatic heterocycles. The smallest absolute Gasteiger partial charge is 0.303 e. The summed E-state index contributed by atoms with van der Waals surface area (Å²) in [6, 6.07) is 8.26. The molecule has 1 aromatic carbocycles. The number of carboxylic acids is 2. The fourth-order valence-corrected chi connectivity index (χ4v) is 14.9. The number of fused-ring (bicyclic) bond motifs is 1. The van der Waals surface area contributed by atoms with Crippen molar-refractivity contribution in [1.82, 2.24) is 25.0 Å². The number of Topliss-reactive ketones (excluding diaryl/α,β-unsaturated/α-hetero) is 2. The summed E-state index contributed by atoms with van der Waals surface area (Å²) in [5.41, 5.74) is 6.09. The first-order valence-corrected chi connectivity index (χ1v) is 42.1. The van der Waals surface area contributed by atoms with Crippen LogP contribution in [0.5, 0.6) is 0 Å². The fourth-order valence-electron chi connectivity index (χ4n) is 11.9. The molecule has 2 atom stereocenters. The number of carboxylic acid groups (broad SMARTS) is 2. The van der Waals surface area contributed by atoms with Crippen molar-refractivity contribution in [2.24, 2.45) is 0 Å².